The zero-order valence-corrected chi connectivity index (χ0v) is 13.4. The molecule has 0 aliphatic rings. The number of amides is 1. The fraction of sp³-hybridized carbons (Fsp3) is 0.182. The van der Waals surface area contributed by atoms with E-state index in [4.69, 9.17) is 52.1 Å². The first-order chi connectivity index (χ1) is 9.74. The van der Waals surface area contributed by atoms with E-state index in [1.54, 1.807) is 12.1 Å². The zero-order valence-electron chi connectivity index (χ0n) is 10.3. The van der Waals surface area contributed by atoms with Crippen LogP contribution in [0.25, 0.3) is 0 Å². The number of nitrogens with one attached hydrogen (secondary N) is 3. The van der Waals surface area contributed by atoms with Crippen molar-refractivity contribution in [2.75, 3.05) is 5.32 Å². The van der Waals surface area contributed by atoms with E-state index in [0.717, 1.165) is 0 Å². The molecule has 10 heteroatoms. The lowest BCUT2D eigenvalue weighted by Crippen LogP contribution is -2.53. The van der Waals surface area contributed by atoms with Crippen molar-refractivity contribution in [3.05, 3.63) is 29.8 Å². The second kappa shape index (κ2) is 7.65. The molecular formula is C11H10Cl3N3O3S. The highest BCUT2D eigenvalue weighted by atomic mass is 35.6. The Balaban J connectivity index is 2.74. The quantitative estimate of drug-likeness (QED) is 0.275. The third-order valence-electron chi connectivity index (χ3n) is 2.20. The summed E-state index contributed by atoms with van der Waals surface area (Å²) in [4.78, 5) is 21.3. The average molecular weight is 371 g/mol. The smallest absolute Gasteiger partial charge is 0.335 e. The summed E-state index contributed by atoms with van der Waals surface area (Å²) in [6.45, 7) is 0. The van der Waals surface area contributed by atoms with Gasteiger partial charge in [0.25, 0.3) is 0 Å². The second-order valence-electron chi connectivity index (χ2n) is 3.74. The monoisotopic (exact) mass is 369 g/mol. The number of carboxylic acid groups (broad SMARTS) is 1. The van der Waals surface area contributed by atoms with Gasteiger partial charge in [-0.3, -0.25) is 4.79 Å². The number of halogens is 3. The molecule has 0 saturated carbocycles. The van der Waals surface area contributed by atoms with Crippen molar-refractivity contribution in [1.29, 1.82) is 0 Å². The maximum atomic E-state index is 10.9. The molecule has 0 spiro atoms. The standard InChI is InChI=1S/C11H10Cl3N3O3S/c12-11(13,14)9(15-5-18)17-10(21)16-7-3-1-2-6(4-7)8(19)20/h1-5,9H,(H,15,18)(H,19,20)(H2,16,17,21). The first kappa shape index (κ1) is 17.8. The first-order valence-corrected chi connectivity index (χ1v) is 6.95. The third kappa shape index (κ3) is 5.92. The van der Waals surface area contributed by atoms with Gasteiger partial charge in [-0.2, -0.15) is 0 Å². The number of benzene rings is 1. The van der Waals surface area contributed by atoms with Gasteiger partial charge in [-0.1, -0.05) is 40.9 Å². The van der Waals surface area contributed by atoms with Crippen molar-refractivity contribution in [3.8, 4) is 0 Å². The average Bonchev–Trinajstić information content (AvgIpc) is 2.37. The Bertz CT molecular complexity index is 551. The van der Waals surface area contributed by atoms with Gasteiger partial charge in [0.1, 0.15) is 6.17 Å². The number of alkyl halides is 3. The molecule has 0 bridgehead atoms. The number of hydrogen-bond acceptors (Lipinski definition) is 3. The normalized spacial score (nSPS) is 12.1. The van der Waals surface area contributed by atoms with Gasteiger partial charge in [-0.25, -0.2) is 4.79 Å². The number of rotatable bonds is 5. The number of aromatic carboxylic acids is 1. The summed E-state index contributed by atoms with van der Waals surface area (Å²) in [5, 5.41) is 16.5. The molecule has 4 N–H and O–H groups in total. The van der Waals surface area contributed by atoms with Crippen LogP contribution in [-0.4, -0.2) is 32.6 Å². The minimum atomic E-state index is -1.82. The van der Waals surface area contributed by atoms with Gasteiger partial charge in [0.15, 0.2) is 5.11 Å². The fourth-order valence-electron chi connectivity index (χ4n) is 1.31. The van der Waals surface area contributed by atoms with Gasteiger partial charge in [0, 0.05) is 5.69 Å². The minimum absolute atomic E-state index is 0.0446. The van der Waals surface area contributed by atoms with Crippen molar-refractivity contribution in [2.45, 2.75) is 9.96 Å². The van der Waals surface area contributed by atoms with Gasteiger partial charge in [-0.05, 0) is 30.4 Å². The van der Waals surface area contributed by atoms with E-state index in [-0.39, 0.29) is 10.7 Å². The minimum Gasteiger partial charge on any atom is -0.478 e. The molecule has 0 heterocycles. The molecule has 1 aromatic carbocycles. The van der Waals surface area contributed by atoms with E-state index in [9.17, 15) is 9.59 Å². The van der Waals surface area contributed by atoms with Crippen LogP contribution in [-0.2, 0) is 4.79 Å². The lowest BCUT2D eigenvalue weighted by Gasteiger charge is -2.26. The predicted octanol–water partition coefficient (Wildman–Crippen LogP) is 2.11. The highest BCUT2D eigenvalue weighted by Crippen LogP contribution is 2.28. The topological polar surface area (TPSA) is 90.5 Å². The van der Waals surface area contributed by atoms with E-state index >= 15 is 0 Å². The van der Waals surface area contributed by atoms with Crippen LogP contribution in [0.2, 0.25) is 0 Å². The van der Waals surface area contributed by atoms with Crippen LogP contribution in [0.4, 0.5) is 5.69 Å². The van der Waals surface area contributed by atoms with Crippen LogP contribution in [0, 0.1) is 0 Å². The van der Waals surface area contributed by atoms with Crippen molar-refractivity contribution < 1.29 is 14.7 Å². The Morgan fingerprint density at radius 1 is 1.38 bits per heavy atom. The van der Waals surface area contributed by atoms with E-state index < -0.39 is 15.9 Å². The summed E-state index contributed by atoms with van der Waals surface area (Å²) in [6.07, 6.45) is -0.699. The third-order valence-corrected chi connectivity index (χ3v) is 3.08. The van der Waals surface area contributed by atoms with E-state index in [1.165, 1.54) is 12.1 Å². The number of anilines is 1. The Labute approximate surface area is 140 Å². The molecule has 1 rings (SSSR count). The summed E-state index contributed by atoms with van der Waals surface area (Å²) in [7, 11) is 0. The van der Waals surface area contributed by atoms with Crippen molar-refractivity contribution in [2.24, 2.45) is 0 Å². The molecule has 1 amide bonds. The highest BCUT2D eigenvalue weighted by molar-refractivity contribution is 7.80. The predicted molar refractivity (Wildman–Crippen MR) is 86.0 cm³/mol. The lowest BCUT2D eigenvalue weighted by atomic mass is 10.2. The molecular weight excluding hydrogens is 361 g/mol. The summed E-state index contributed by atoms with van der Waals surface area (Å²) in [6, 6.07) is 5.97. The lowest BCUT2D eigenvalue weighted by molar-refractivity contribution is -0.110. The summed E-state index contributed by atoms with van der Waals surface area (Å²) in [5.74, 6) is -1.07. The molecule has 1 atom stereocenters. The maximum absolute atomic E-state index is 10.9. The summed E-state index contributed by atoms with van der Waals surface area (Å²) >= 11 is 22.0. The van der Waals surface area contributed by atoms with E-state index in [0.29, 0.717) is 12.1 Å². The molecule has 0 radical (unpaired) electrons. The van der Waals surface area contributed by atoms with Gasteiger partial charge < -0.3 is 21.1 Å². The number of carbonyl (C=O) groups is 2. The van der Waals surface area contributed by atoms with E-state index in [2.05, 4.69) is 16.0 Å². The van der Waals surface area contributed by atoms with Crippen LogP contribution in [0.5, 0.6) is 0 Å². The zero-order chi connectivity index (χ0) is 16.0. The number of carboxylic acids is 1. The SMILES string of the molecule is O=CNC(NC(=S)Nc1cccc(C(=O)O)c1)C(Cl)(Cl)Cl. The molecule has 0 aliphatic heterocycles. The first-order valence-electron chi connectivity index (χ1n) is 5.41. The molecule has 0 saturated heterocycles. The summed E-state index contributed by atoms with van der Waals surface area (Å²) < 4.78 is -1.82. The van der Waals surface area contributed by atoms with Crippen molar-refractivity contribution in [1.82, 2.24) is 10.6 Å². The largest absolute Gasteiger partial charge is 0.478 e. The fourth-order valence-corrected chi connectivity index (χ4v) is 1.90. The van der Waals surface area contributed by atoms with Crippen LogP contribution >= 0.6 is 47.0 Å². The van der Waals surface area contributed by atoms with Crippen LogP contribution in [0.1, 0.15) is 10.4 Å². The van der Waals surface area contributed by atoms with Gasteiger partial charge in [-0.15, -0.1) is 0 Å². The molecule has 0 fully saturated rings. The Morgan fingerprint density at radius 2 is 2.05 bits per heavy atom. The van der Waals surface area contributed by atoms with Gasteiger partial charge in [0.05, 0.1) is 5.56 Å². The number of thiocarbonyl (C=S) groups is 1. The summed E-state index contributed by atoms with van der Waals surface area (Å²) in [5.41, 5.74) is 0.522. The van der Waals surface area contributed by atoms with Gasteiger partial charge >= 0.3 is 5.97 Å². The van der Waals surface area contributed by atoms with Crippen LogP contribution < -0.4 is 16.0 Å². The van der Waals surface area contributed by atoms with E-state index in [1.807, 2.05) is 0 Å². The molecule has 0 aliphatic carbocycles. The molecule has 114 valence electrons. The Morgan fingerprint density at radius 3 is 2.57 bits per heavy atom. The van der Waals surface area contributed by atoms with Crippen molar-refractivity contribution in [3.63, 3.8) is 0 Å². The van der Waals surface area contributed by atoms with Crippen LogP contribution in [0.3, 0.4) is 0 Å². The van der Waals surface area contributed by atoms with Crippen molar-refractivity contribution >= 4 is 70.2 Å². The second-order valence-corrected chi connectivity index (χ2v) is 6.52. The maximum Gasteiger partial charge on any atom is 0.335 e. The molecule has 0 aromatic heterocycles. The number of carbonyl (C=O) groups excluding carboxylic acids is 1. The molecule has 21 heavy (non-hydrogen) atoms. The molecule has 6 nitrogen and oxygen atoms in total. The Hall–Kier alpha value is -1.28. The molecule has 1 aromatic rings. The molecule has 1 unspecified atom stereocenters. The number of hydrogen-bond donors (Lipinski definition) is 4. The highest BCUT2D eigenvalue weighted by Gasteiger charge is 2.32. The van der Waals surface area contributed by atoms with Gasteiger partial charge in [0.2, 0.25) is 10.2 Å². The Kier molecular flexibility index (Phi) is 6.47. The van der Waals surface area contributed by atoms with Crippen LogP contribution in [0.15, 0.2) is 24.3 Å².